The predicted molar refractivity (Wildman–Crippen MR) is 90.2 cm³/mol. The molecule has 0 unspecified atom stereocenters. The molecule has 1 fully saturated rings. The van der Waals surface area contributed by atoms with E-state index in [2.05, 4.69) is 15.2 Å². The van der Waals surface area contributed by atoms with Crippen LogP contribution < -0.4 is 5.32 Å². The quantitative estimate of drug-likeness (QED) is 0.930. The number of hydrogen-bond acceptors (Lipinski definition) is 4. The smallest absolute Gasteiger partial charge is 0.223 e. The highest BCUT2D eigenvalue weighted by molar-refractivity contribution is 7.15. The minimum atomic E-state index is -1.22. The number of piperidine rings is 1. The van der Waals surface area contributed by atoms with Gasteiger partial charge in [-0.05, 0) is 18.4 Å². The zero-order valence-electron chi connectivity index (χ0n) is 13.1. The van der Waals surface area contributed by atoms with Gasteiger partial charge in [-0.1, -0.05) is 30.3 Å². The lowest BCUT2D eigenvalue weighted by molar-refractivity contribution is -0.114. The highest BCUT2D eigenvalue weighted by Gasteiger charge is 2.36. The van der Waals surface area contributed by atoms with Gasteiger partial charge < -0.3 is 5.32 Å². The zero-order valence-corrected chi connectivity index (χ0v) is 13.9. The average Bonchev–Trinajstić information content (AvgIpc) is 2.97. The first-order chi connectivity index (χ1) is 11.0. The molecule has 1 aromatic carbocycles. The van der Waals surface area contributed by atoms with Gasteiger partial charge in [-0.3, -0.25) is 9.69 Å². The summed E-state index contributed by atoms with van der Waals surface area (Å²) in [5, 5.41) is 3.31. The van der Waals surface area contributed by atoms with E-state index in [0.717, 1.165) is 30.1 Å². The number of carbonyl (C=O) groups excluding carboxylic acids is 1. The van der Waals surface area contributed by atoms with Crippen LogP contribution in [0.3, 0.4) is 0 Å². The third-order valence-electron chi connectivity index (χ3n) is 4.16. The summed E-state index contributed by atoms with van der Waals surface area (Å²) < 4.78 is 15.1. The molecule has 23 heavy (non-hydrogen) atoms. The van der Waals surface area contributed by atoms with Crippen LogP contribution in [0.25, 0.3) is 0 Å². The molecule has 0 radical (unpaired) electrons. The van der Waals surface area contributed by atoms with E-state index in [4.69, 9.17) is 0 Å². The molecule has 122 valence electrons. The van der Waals surface area contributed by atoms with Crippen molar-refractivity contribution in [3.05, 3.63) is 47.0 Å². The summed E-state index contributed by atoms with van der Waals surface area (Å²) in [5.41, 5.74) is -0.433. The summed E-state index contributed by atoms with van der Waals surface area (Å²) in [4.78, 5) is 18.5. The van der Waals surface area contributed by atoms with Gasteiger partial charge in [-0.2, -0.15) is 0 Å². The summed E-state index contributed by atoms with van der Waals surface area (Å²) in [6, 6.07) is 9.45. The first-order valence-corrected chi connectivity index (χ1v) is 8.56. The number of nitrogens with zero attached hydrogens (tertiary/aromatic N) is 2. The first-order valence-electron chi connectivity index (χ1n) is 7.74. The van der Waals surface area contributed by atoms with Crippen molar-refractivity contribution in [2.75, 3.05) is 18.4 Å². The third kappa shape index (κ3) is 3.95. The van der Waals surface area contributed by atoms with Gasteiger partial charge in [0.05, 0.1) is 0 Å². The van der Waals surface area contributed by atoms with Crippen LogP contribution >= 0.6 is 11.3 Å². The number of benzene rings is 1. The molecule has 2 heterocycles. The lowest BCUT2D eigenvalue weighted by Gasteiger charge is -2.36. The number of rotatable bonds is 4. The molecular weight excluding hydrogens is 313 g/mol. The fourth-order valence-corrected chi connectivity index (χ4v) is 3.80. The molecule has 1 amide bonds. The Kier molecular flexibility index (Phi) is 4.73. The molecule has 1 aromatic heterocycles. The molecule has 2 aromatic rings. The zero-order chi connectivity index (χ0) is 16.3. The number of amides is 1. The van der Waals surface area contributed by atoms with Gasteiger partial charge in [-0.15, -0.1) is 11.3 Å². The van der Waals surface area contributed by atoms with Crippen molar-refractivity contribution >= 4 is 22.4 Å². The molecular formula is C17H20FN3OS. The Morgan fingerprint density at radius 2 is 2.04 bits per heavy atom. The van der Waals surface area contributed by atoms with E-state index in [-0.39, 0.29) is 5.91 Å². The summed E-state index contributed by atoms with van der Waals surface area (Å²) in [6.45, 7) is 3.66. The molecule has 6 heteroatoms. The average molecular weight is 333 g/mol. The SMILES string of the molecule is CC(=O)Nc1ncc(CN2CCC(F)(c3ccccc3)CC2)s1. The van der Waals surface area contributed by atoms with Gasteiger partial charge in [0.25, 0.3) is 0 Å². The van der Waals surface area contributed by atoms with Gasteiger partial charge in [0, 0.05) is 37.6 Å². The van der Waals surface area contributed by atoms with Gasteiger partial charge in [0.2, 0.25) is 5.91 Å². The molecule has 1 saturated heterocycles. The van der Waals surface area contributed by atoms with Crippen LogP contribution in [0.4, 0.5) is 9.52 Å². The van der Waals surface area contributed by atoms with Gasteiger partial charge in [-0.25, -0.2) is 9.37 Å². The minimum Gasteiger partial charge on any atom is -0.302 e. The number of alkyl halides is 1. The Labute approximate surface area is 139 Å². The Hall–Kier alpha value is -1.79. The Morgan fingerprint density at radius 3 is 2.70 bits per heavy atom. The van der Waals surface area contributed by atoms with Crippen LogP contribution in [-0.4, -0.2) is 28.9 Å². The van der Waals surface area contributed by atoms with Crippen molar-refractivity contribution in [3.63, 3.8) is 0 Å². The summed E-state index contributed by atoms with van der Waals surface area (Å²) in [6.07, 6.45) is 2.80. The normalized spacial score (nSPS) is 17.8. The maximum Gasteiger partial charge on any atom is 0.223 e. The second-order valence-electron chi connectivity index (χ2n) is 5.92. The number of likely N-dealkylation sites (tertiary alicyclic amines) is 1. The van der Waals surface area contributed by atoms with Crippen molar-refractivity contribution in [2.24, 2.45) is 0 Å². The number of carbonyl (C=O) groups is 1. The molecule has 1 N–H and O–H groups in total. The summed E-state index contributed by atoms with van der Waals surface area (Å²) in [7, 11) is 0. The minimum absolute atomic E-state index is 0.117. The molecule has 0 spiro atoms. The predicted octanol–water partition coefficient (Wildman–Crippen LogP) is 3.56. The maximum atomic E-state index is 15.1. The summed E-state index contributed by atoms with van der Waals surface area (Å²) in [5.74, 6) is -0.117. The van der Waals surface area contributed by atoms with Crippen molar-refractivity contribution in [1.82, 2.24) is 9.88 Å². The van der Waals surface area contributed by atoms with Gasteiger partial charge in [0.15, 0.2) is 5.13 Å². The monoisotopic (exact) mass is 333 g/mol. The Morgan fingerprint density at radius 1 is 1.35 bits per heavy atom. The number of nitrogens with one attached hydrogen (secondary N) is 1. The van der Waals surface area contributed by atoms with Crippen LogP contribution in [0, 0.1) is 0 Å². The lowest BCUT2D eigenvalue weighted by atomic mass is 9.86. The first kappa shape index (κ1) is 16.1. The van der Waals surface area contributed by atoms with Crippen molar-refractivity contribution in [2.45, 2.75) is 32.0 Å². The number of halogens is 1. The fraction of sp³-hybridized carbons (Fsp3) is 0.412. The van der Waals surface area contributed by atoms with E-state index in [0.29, 0.717) is 18.0 Å². The number of thiazole rings is 1. The molecule has 3 rings (SSSR count). The number of hydrogen-bond donors (Lipinski definition) is 1. The second-order valence-corrected chi connectivity index (χ2v) is 7.04. The fourth-order valence-electron chi connectivity index (χ4n) is 2.90. The Bertz CT molecular complexity index is 665. The largest absolute Gasteiger partial charge is 0.302 e. The van der Waals surface area contributed by atoms with Crippen molar-refractivity contribution < 1.29 is 9.18 Å². The Balaban J connectivity index is 1.57. The standard InChI is InChI=1S/C17H20FN3OS/c1-13(22)20-16-19-11-15(23-16)12-21-9-7-17(18,8-10-21)14-5-3-2-4-6-14/h2-6,11H,7-10,12H2,1H3,(H,19,20,22). The number of anilines is 1. The molecule has 0 atom stereocenters. The maximum absolute atomic E-state index is 15.1. The molecule has 4 nitrogen and oxygen atoms in total. The molecule has 1 aliphatic rings. The number of aromatic nitrogens is 1. The molecule has 0 bridgehead atoms. The van der Waals surface area contributed by atoms with Gasteiger partial charge in [0.1, 0.15) is 5.67 Å². The lowest BCUT2D eigenvalue weighted by Crippen LogP contribution is -2.39. The highest BCUT2D eigenvalue weighted by atomic mass is 32.1. The van der Waals surface area contributed by atoms with E-state index in [1.165, 1.54) is 18.3 Å². The topological polar surface area (TPSA) is 45.2 Å². The molecule has 1 aliphatic heterocycles. The molecule has 0 saturated carbocycles. The molecule has 0 aliphatic carbocycles. The van der Waals surface area contributed by atoms with Gasteiger partial charge >= 0.3 is 0 Å². The van der Waals surface area contributed by atoms with Crippen LogP contribution in [0.1, 0.15) is 30.2 Å². The van der Waals surface area contributed by atoms with E-state index in [9.17, 15) is 4.79 Å². The van der Waals surface area contributed by atoms with E-state index < -0.39 is 5.67 Å². The van der Waals surface area contributed by atoms with Crippen molar-refractivity contribution in [3.8, 4) is 0 Å². The van der Waals surface area contributed by atoms with E-state index in [1.54, 1.807) is 6.20 Å². The van der Waals surface area contributed by atoms with E-state index >= 15 is 4.39 Å². The summed E-state index contributed by atoms with van der Waals surface area (Å²) >= 11 is 1.47. The van der Waals surface area contributed by atoms with Crippen LogP contribution in [0.5, 0.6) is 0 Å². The van der Waals surface area contributed by atoms with Crippen LogP contribution in [0.15, 0.2) is 36.5 Å². The third-order valence-corrected chi connectivity index (χ3v) is 5.05. The highest BCUT2D eigenvalue weighted by Crippen LogP contribution is 2.37. The van der Waals surface area contributed by atoms with Crippen LogP contribution in [0.2, 0.25) is 0 Å². The second kappa shape index (κ2) is 6.76. The van der Waals surface area contributed by atoms with E-state index in [1.807, 2.05) is 30.3 Å². The van der Waals surface area contributed by atoms with Crippen LogP contribution in [-0.2, 0) is 17.0 Å². The van der Waals surface area contributed by atoms with Crippen molar-refractivity contribution in [1.29, 1.82) is 0 Å².